The van der Waals surface area contributed by atoms with Crippen LogP contribution in [0.1, 0.15) is 0 Å². The summed E-state index contributed by atoms with van der Waals surface area (Å²) in [6.45, 7) is 7.21. The van der Waals surface area contributed by atoms with Gasteiger partial charge < -0.3 is 0 Å². The molecule has 152 valence electrons. The Balaban J connectivity index is 1.81. The van der Waals surface area contributed by atoms with Crippen molar-refractivity contribution >= 4 is 50.7 Å². The molecule has 5 rings (SSSR count). The number of hydrogen-bond donors (Lipinski definition) is 0. The van der Waals surface area contributed by atoms with Crippen molar-refractivity contribution in [3.63, 3.8) is 0 Å². The van der Waals surface area contributed by atoms with Crippen LogP contribution >= 0.6 is 5.96 Å². The fourth-order valence-electron chi connectivity index (χ4n) is 4.05. The van der Waals surface area contributed by atoms with Crippen molar-refractivity contribution in [3.05, 3.63) is 72.8 Å². The van der Waals surface area contributed by atoms with Crippen LogP contribution in [0.3, 0.4) is 0 Å². The van der Waals surface area contributed by atoms with Crippen LogP contribution in [-0.2, 0) is 0 Å². The van der Waals surface area contributed by atoms with Gasteiger partial charge in [-0.1, -0.05) is 0 Å². The zero-order chi connectivity index (χ0) is 20.9. The van der Waals surface area contributed by atoms with E-state index >= 15 is 0 Å². The van der Waals surface area contributed by atoms with E-state index in [9.17, 15) is 0 Å². The van der Waals surface area contributed by atoms with Crippen molar-refractivity contribution in [3.8, 4) is 22.6 Å². The first kappa shape index (κ1) is 20.1. The first-order valence-electron chi connectivity index (χ1n) is 10.4. The van der Waals surface area contributed by atoms with E-state index in [1.807, 2.05) is 0 Å². The van der Waals surface area contributed by atoms with E-state index in [1.165, 1.54) is 27.6 Å². The molecular weight excluding hydrogens is 470 g/mol. The molecule has 0 radical (unpaired) electrons. The SMILES string of the molecule is C[Si](C)(C)CCP1(=[Se])Oc2ccc3ccccc3c2-c2c(ccc3ccccc23)O1. The fraction of sp³-hybridized carbons (Fsp3) is 0.200. The summed E-state index contributed by atoms with van der Waals surface area (Å²) >= 11 is 3.37. The van der Waals surface area contributed by atoms with Crippen LogP contribution in [0.5, 0.6) is 11.5 Å². The van der Waals surface area contributed by atoms with Gasteiger partial charge in [-0.25, -0.2) is 0 Å². The predicted molar refractivity (Wildman–Crippen MR) is 134 cm³/mol. The van der Waals surface area contributed by atoms with Gasteiger partial charge in [0.25, 0.3) is 0 Å². The van der Waals surface area contributed by atoms with Crippen LogP contribution in [0.4, 0.5) is 0 Å². The molecule has 4 aromatic carbocycles. The minimum atomic E-state index is -2.21. The molecular formula is C25H25O2PSeSi. The molecule has 0 atom stereocenters. The van der Waals surface area contributed by atoms with Crippen LogP contribution in [0.25, 0.3) is 32.7 Å². The number of rotatable bonds is 3. The Morgan fingerprint density at radius 2 is 1.17 bits per heavy atom. The van der Waals surface area contributed by atoms with Crippen LogP contribution < -0.4 is 9.05 Å². The molecule has 0 aliphatic carbocycles. The van der Waals surface area contributed by atoms with Crippen LogP contribution in [0.15, 0.2) is 72.8 Å². The van der Waals surface area contributed by atoms with Gasteiger partial charge in [0.05, 0.1) is 0 Å². The Hall–Kier alpha value is -1.83. The van der Waals surface area contributed by atoms with E-state index in [2.05, 4.69) is 108 Å². The molecule has 4 aromatic rings. The van der Waals surface area contributed by atoms with E-state index in [1.54, 1.807) is 0 Å². The summed E-state index contributed by atoms with van der Waals surface area (Å²) in [4.78, 5) is 0. The van der Waals surface area contributed by atoms with Crippen molar-refractivity contribution < 1.29 is 9.05 Å². The maximum absolute atomic E-state index is 6.73. The van der Waals surface area contributed by atoms with Crippen LogP contribution in [0.2, 0.25) is 25.7 Å². The Morgan fingerprint density at radius 1 is 0.700 bits per heavy atom. The van der Waals surface area contributed by atoms with E-state index in [0.29, 0.717) is 0 Å². The normalized spacial score (nSPS) is 15.0. The van der Waals surface area contributed by atoms with Crippen molar-refractivity contribution in [2.24, 2.45) is 0 Å². The molecule has 0 amide bonds. The monoisotopic (exact) mass is 496 g/mol. The van der Waals surface area contributed by atoms with Crippen LogP contribution in [0, 0.1) is 0 Å². The summed E-state index contributed by atoms with van der Waals surface area (Å²) in [5.74, 6) is -0.369. The summed E-state index contributed by atoms with van der Waals surface area (Å²) in [5, 5.41) is 4.84. The van der Waals surface area contributed by atoms with Crippen molar-refractivity contribution in [2.75, 3.05) is 6.16 Å². The van der Waals surface area contributed by atoms with Crippen molar-refractivity contribution in [1.29, 1.82) is 0 Å². The molecule has 0 N–H and O–H groups in total. The standard InChI is InChI=1S/C25H25O2PSeSi/c1-30(2,3)17-16-28(29)26-22-14-12-18-8-4-6-10-20(18)24(22)25-21-11-7-5-9-19(21)13-15-23(25)27-28/h4-15H,16-17H2,1-3H3. The topological polar surface area (TPSA) is 18.5 Å². The summed E-state index contributed by atoms with van der Waals surface area (Å²) in [6, 6.07) is 26.8. The third-order valence-corrected chi connectivity index (χ3v) is 11.6. The Labute approximate surface area is 186 Å². The Kier molecular flexibility index (Phi) is 4.95. The molecule has 0 saturated heterocycles. The second-order valence-electron chi connectivity index (χ2n) is 9.15. The number of hydrogen-bond acceptors (Lipinski definition) is 2. The summed E-state index contributed by atoms with van der Waals surface area (Å²) in [7, 11) is -1.23. The molecule has 1 heterocycles. The first-order chi connectivity index (χ1) is 14.3. The van der Waals surface area contributed by atoms with Gasteiger partial charge in [-0.3, -0.25) is 0 Å². The first-order valence-corrected chi connectivity index (χ1v) is 18.1. The van der Waals surface area contributed by atoms with Gasteiger partial charge in [0.15, 0.2) is 0 Å². The van der Waals surface area contributed by atoms with E-state index in [4.69, 9.17) is 9.05 Å². The van der Waals surface area contributed by atoms with E-state index in [-0.39, 0.29) is 0 Å². The molecule has 5 heteroatoms. The van der Waals surface area contributed by atoms with Gasteiger partial charge in [0, 0.05) is 0 Å². The maximum atomic E-state index is 6.73. The summed E-state index contributed by atoms with van der Waals surface area (Å²) < 4.78 is 13.5. The third-order valence-electron chi connectivity index (χ3n) is 5.64. The molecule has 1 aliphatic rings. The van der Waals surface area contributed by atoms with Gasteiger partial charge in [-0.2, -0.15) is 0 Å². The second-order valence-corrected chi connectivity index (χ2v) is 20.3. The zero-order valence-corrected chi connectivity index (χ0v) is 21.1. The van der Waals surface area contributed by atoms with Crippen molar-refractivity contribution in [2.45, 2.75) is 25.7 Å². The summed E-state index contributed by atoms with van der Waals surface area (Å²) in [6.07, 6.45) is 0.932. The molecule has 0 bridgehead atoms. The number of benzene rings is 4. The molecule has 0 aromatic heterocycles. The van der Waals surface area contributed by atoms with Gasteiger partial charge in [0.2, 0.25) is 0 Å². The minimum absolute atomic E-state index is 0.923. The molecule has 2 nitrogen and oxygen atoms in total. The molecule has 0 spiro atoms. The van der Waals surface area contributed by atoms with Gasteiger partial charge in [0.1, 0.15) is 0 Å². The third kappa shape index (κ3) is 3.67. The number of fused-ring (bicyclic) bond motifs is 7. The molecule has 0 fully saturated rings. The molecule has 0 unspecified atom stereocenters. The zero-order valence-electron chi connectivity index (χ0n) is 17.5. The van der Waals surface area contributed by atoms with Crippen molar-refractivity contribution in [1.82, 2.24) is 0 Å². The second kappa shape index (κ2) is 7.39. The van der Waals surface area contributed by atoms with E-state index in [0.717, 1.165) is 28.8 Å². The predicted octanol–water partition coefficient (Wildman–Crippen LogP) is 7.70. The van der Waals surface area contributed by atoms with Gasteiger partial charge >= 0.3 is 187 Å². The van der Waals surface area contributed by atoms with Gasteiger partial charge in [-0.05, 0) is 0 Å². The summed E-state index contributed by atoms with van der Waals surface area (Å²) in [5.41, 5.74) is 2.29. The molecule has 30 heavy (non-hydrogen) atoms. The quantitative estimate of drug-likeness (QED) is 0.214. The Morgan fingerprint density at radius 3 is 1.63 bits per heavy atom. The average molecular weight is 495 g/mol. The van der Waals surface area contributed by atoms with E-state index < -0.39 is 14.0 Å². The van der Waals surface area contributed by atoms with Crippen LogP contribution in [-0.4, -0.2) is 29.3 Å². The van der Waals surface area contributed by atoms with Gasteiger partial charge in [-0.15, -0.1) is 0 Å². The molecule has 0 saturated carbocycles. The Bertz CT molecular complexity index is 1230. The fourth-order valence-corrected chi connectivity index (χ4v) is 11.7. The molecule has 1 aliphatic heterocycles. The average Bonchev–Trinajstić information content (AvgIpc) is 2.86.